The van der Waals surface area contributed by atoms with Crippen molar-refractivity contribution in [3.05, 3.63) is 56.9 Å². The first-order valence-electron chi connectivity index (χ1n) is 13.5. The molecule has 0 radical (unpaired) electrons. The molecule has 3 heterocycles. The van der Waals surface area contributed by atoms with Gasteiger partial charge in [-0.25, -0.2) is 23.4 Å². The smallest absolute Gasteiger partial charge is 0.192 e. The van der Waals surface area contributed by atoms with E-state index in [9.17, 15) is 0 Å². The molecule has 0 atom stereocenters. The third kappa shape index (κ3) is 7.16. The Labute approximate surface area is 256 Å². The van der Waals surface area contributed by atoms with Gasteiger partial charge in [-0.2, -0.15) is 5.10 Å². The summed E-state index contributed by atoms with van der Waals surface area (Å²) in [5, 5.41) is 7.59. The Balaban J connectivity index is 1.77. The van der Waals surface area contributed by atoms with Gasteiger partial charge < -0.3 is 14.5 Å². The maximum Gasteiger partial charge on any atom is 0.192 e. The lowest BCUT2D eigenvalue weighted by molar-refractivity contribution is 0.0798. The fourth-order valence-corrected chi connectivity index (χ4v) is 6.18. The molecule has 0 saturated carbocycles. The highest BCUT2D eigenvalue weighted by atomic mass is 79.9. The molecule has 0 bridgehead atoms. The van der Waals surface area contributed by atoms with Gasteiger partial charge in [0.25, 0.3) is 0 Å². The molecule has 0 unspecified atom stereocenters. The summed E-state index contributed by atoms with van der Waals surface area (Å²) in [4.78, 5) is 8.96. The second-order valence-corrected chi connectivity index (χ2v) is 24.5. The Hall–Kier alpha value is -1.97. The highest BCUT2D eigenvalue weighted by molar-refractivity contribution is 9.10. The lowest BCUT2D eigenvalue weighted by Crippen LogP contribution is -2.40. The van der Waals surface area contributed by atoms with Gasteiger partial charge in [0.05, 0.1) is 24.1 Å². The summed E-state index contributed by atoms with van der Waals surface area (Å²) in [6.45, 7) is 18.1. The van der Waals surface area contributed by atoms with Gasteiger partial charge in [-0.15, -0.1) is 0 Å². The van der Waals surface area contributed by atoms with Gasteiger partial charge in [-0.05, 0) is 52.2 Å². The monoisotopic (exact) mass is 683 g/mol. The predicted molar refractivity (Wildman–Crippen MR) is 170 cm³/mol. The Bertz CT molecular complexity index is 1490. The van der Waals surface area contributed by atoms with Crippen molar-refractivity contribution >= 4 is 61.1 Å². The zero-order valence-electron chi connectivity index (χ0n) is 24.8. The summed E-state index contributed by atoms with van der Waals surface area (Å²) >= 11 is 10.0. The van der Waals surface area contributed by atoms with Crippen molar-refractivity contribution < 1.29 is 17.9 Å². The SMILES string of the molecule is CC(C)(C)[Si](C)(C)OCc1ccc(F)c(C2=Nc3c(Cl)nn(COCC[Si](C)(C)C)c3-c3cc(Br)ncc3N2)c1F. The molecular formula is C28H37BrClF2N5O2Si2. The van der Waals surface area contributed by atoms with Gasteiger partial charge >= 0.3 is 0 Å². The molecule has 0 saturated heterocycles. The van der Waals surface area contributed by atoms with Crippen LogP contribution >= 0.6 is 27.5 Å². The van der Waals surface area contributed by atoms with E-state index < -0.39 is 28.0 Å². The first-order valence-corrected chi connectivity index (χ1v) is 21.2. The van der Waals surface area contributed by atoms with Crippen LogP contribution in [0.3, 0.4) is 0 Å². The zero-order chi connectivity index (χ0) is 30.3. The van der Waals surface area contributed by atoms with E-state index in [-0.39, 0.29) is 46.2 Å². The standard InChI is InChI=1S/C28H37BrClF2N5O2Si2/c1-28(2,3)41(7,8)39-15-17-9-10-19(31)22(23(17)32)27-34-20-14-33-21(29)13-18(20)25-24(35-27)26(30)36-37(25)16-38-11-12-40(4,5)6/h9-10,13-14H,11-12,15-16H2,1-8H3,(H,34,35). The maximum atomic E-state index is 16.0. The summed E-state index contributed by atoms with van der Waals surface area (Å²) in [5.74, 6) is -1.55. The minimum atomic E-state index is -2.18. The lowest BCUT2D eigenvalue weighted by Gasteiger charge is -2.36. The van der Waals surface area contributed by atoms with E-state index in [1.54, 1.807) is 16.9 Å². The Morgan fingerprint density at radius 1 is 1.12 bits per heavy atom. The van der Waals surface area contributed by atoms with Crippen LogP contribution in [0, 0.1) is 11.6 Å². The average molecular weight is 685 g/mol. The van der Waals surface area contributed by atoms with Crippen LogP contribution in [0.25, 0.3) is 11.3 Å². The van der Waals surface area contributed by atoms with Crippen LogP contribution in [0.4, 0.5) is 20.2 Å². The summed E-state index contributed by atoms with van der Waals surface area (Å²) < 4.78 is 45.8. The number of benzene rings is 1. The van der Waals surface area contributed by atoms with Crippen molar-refractivity contribution in [1.29, 1.82) is 0 Å². The number of nitrogens with one attached hydrogen (secondary N) is 1. The van der Waals surface area contributed by atoms with Crippen LogP contribution in [-0.4, -0.2) is 43.6 Å². The van der Waals surface area contributed by atoms with Crippen LogP contribution in [0.2, 0.25) is 49.0 Å². The largest absolute Gasteiger partial charge is 0.412 e. The third-order valence-corrected chi connectivity index (χ3v) is 14.4. The van der Waals surface area contributed by atoms with Gasteiger partial charge in [0, 0.05) is 25.8 Å². The number of halogens is 4. The molecule has 3 aromatic rings. The van der Waals surface area contributed by atoms with Crippen LogP contribution in [0.15, 0.2) is 34.0 Å². The number of hydrogen-bond donors (Lipinski definition) is 1. The first kappa shape index (κ1) is 32.0. The number of nitrogens with zero attached hydrogens (tertiary/aromatic N) is 4. The minimum absolute atomic E-state index is 0.0205. The normalized spacial score (nSPS) is 13.8. The van der Waals surface area contributed by atoms with Gasteiger partial charge in [0.1, 0.15) is 40.2 Å². The molecule has 1 aromatic carbocycles. The topological polar surface area (TPSA) is 73.6 Å². The lowest BCUT2D eigenvalue weighted by atomic mass is 10.1. The molecule has 0 spiro atoms. The van der Waals surface area contributed by atoms with Gasteiger partial charge in [-0.3, -0.25) is 0 Å². The molecule has 222 valence electrons. The number of fused-ring (bicyclic) bond motifs is 3. The van der Waals surface area contributed by atoms with Gasteiger partial charge in [-0.1, -0.05) is 58.1 Å². The van der Waals surface area contributed by atoms with Crippen molar-refractivity contribution in [2.75, 3.05) is 11.9 Å². The highest BCUT2D eigenvalue weighted by Gasteiger charge is 2.37. The molecule has 41 heavy (non-hydrogen) atoms. The van der Waals surface area contributed by atoms with Gasteiger partial charge in [0.15, 0.2) is 13.5 Å². The van der Waals surface area contributed by atoms with E-state index in [4.69, 9.17) is 20.8 Å². The van der Waals surface area contributed by atoms with E-state index in [0.717, 1.165) is 6.04 Å². The zero-order valence-corrected chi connectivity index (χ0v) is 29.1. The molecule has 13 heteroatoms. The Morgan fingerprint density at radius 2 is 1.83 bits per heavy atom. The van der Waals surface area contributed by atoms with Crippen molar-refractivity contribution in [3.63, 3.8) is 0 Å². The number of anilines is 1. The average Bonchev–Trinajstić information content (AvgIpc) is 3.05. The quantitative estimate of drug-likeness (QED) is 0.138. The molecule has 1 aliphatic rings. The molecule has 0 amide bonds. The van der Waals surface area contributed by atoms with Crippen LogP contribution < -0.4 is 5.32 Å². The van der Waals surface area contributed by atoms with Crippen molar-refractivity contribution in [2.45, 2.75) is 77.9 Å². The van der Waals surface area contributed by atoms with Crippen molar-refractivity contribution in [2.24, 2.45) is 4.99 Å². The molecular weight excluding hydrogens is 648 g/mol. The van der Waals surface area contributed by atoms with E-state index in [1.165, 1.54) is 12.1 Å². The fourth-order valence-electron chi connectivity index (χ4n) is 3.92. The van der Waals surface area contributed by atoms with E-state index >= 15 is 8.78 Å². The summed E-state index contributed by atoms with van der Waals surface area (Å²) in [7, 11) is -3.46. The molecule has 0 aliphatic carbocycles. The number of ether oxygens (including phenoxy) is 1. The molecule has 7 nitrogen and oxygen atoms in total. The van der Waals surface area contributed by atoms with Crippen LogP contribution in [0.1, 0.15) is 31.9 Å². The second-order valence-electron chi connectivity index (χ2n) is 12.9. The predicted octanol–water partition coefficient (Wildman–Crippen LogP) is 8.98. The number of hydrogen-bond acceptors (Lipinski definition) is 6. The van der Waals surface area contributed by atoms with Crippen molar-refractivity contribution in [1.82, 2.24) is 14.8 Å². The van der Waals surface area contributed by atoms with E-state index in [2.05, 4.69) is 89.8 Å². The van der Waals surface area contributed by atoms with Gasteiger partial charge in [0.2, 0.25) is 0 Å². The maximum absolute atomic E-state index is 16.0. The van der Waals surface area contributed by atoms with Crippen LogP contribution in [-0.2, 0) is 22.5 Å². The molecule has 1 N–H and O–H groups in total. The Kier molecular flexibility index (Phi) is 9.32. The molecule has 1 aliphatic heterocycles. The Morgan fingerprint density at radius 3 is 2.49 bits per heavy atom. The van der Waals surface area contributed by atoms with E-state index in [1.807, 2.05) is 0 Å². The number of aromatic nitrogens is 3. The third-order valence-electron chi connectivity index (χ3n) is 7.50. The minimum Gasteiger partial charge on any atom is -0.412 e. The molecule has 4 rings (SSSR count). The number of aliphatic imine (C=N–C) groups is 1. The molecule has 2 aromatic heterocycles. The van der Waals surface area contributed by atoms with E-state index in [0.29, 0.717) is 28.2 Å². The fraction of sp³-hybridized carbons (Fsp3) is 0.464. The molecule has 0 fully saturated rings. The first-order chi connectivity index (χ1) is 19.0. The second kappa shape index (κ2) is 12.0. The highest BCUT2D eigenvalue weighted by Crippen LogP contribution is 2.43. The summed E-state index contributed by atoms with van der Waals surface area (Å²) in [6.07, 6.45) is 1.57. The van der Waals surface area contributed by atoms with Crippen molar-refractivity contribution in [3.8, 4) is 11.3 Å². The summed E-state index contributed by atoms with van der Waals surface area (Å²) in [6, 6.07) is 5.43. The van der Waals surface area contributed by atoms with Crippen LogP contribution in [0.5, 0.6) is 0 Å². The number of amidine groups is 1. The number of pyridine rings is 1. The number of rotatable bonds is 9. The summed E-state index contributed by atoms with van der Waals surface area (Å²) in [5.41, 5.74) is 1.92.